The van der Waals surface area contributed by atoms with E-state index in [2.05, 4.69) is 6.92 Å². The first-order valence-electron chi connectivity index (χ1n) is 5.06. The molecule has 2 aliphatic heterocycles. The monoisotopic (exact) mass is 235 g/mol. The van der Waals surface area contributed by atoms with Crippen molar-refractivity contribution in [1.82, 2.24) is 0 Å². The Balaban J connectivity index is 2.18. The quantitative estimate of drug-likeness (QED) is 0.674. The van der Waals surface area contributed by atoms with Gasteiger partial charge in [0.25, 0.3) is 0 Å². The predicted molar refractivity (Wildman–Crippen MR) is 60.3 cm³/mol. The topological polar surface area (TPSA) is 60.2 Å². The van der Waals surface area contributed by atoms with Gasteiger partial charge in [-0.05, 0) is 19.3 Å². The van der Waals surface area contributed by atoms with Gasteiger partial charge in [0, 0.05) is 16.0 Å². The number of nitrogens with two attached hydrogens (primary N) is 1. The van der Waals surface area contributed by atoms with Crippen LogP contribution in [0.2, 0.25) is 0 Å². The molecule has 3 atom stereocenters. The summed E-state index contributed by atoms with van der Waals surface area (Å²) in [5, 5.41) is 0.406. The highest BCUT2D eigenvalue weighted by Gasteiger charge is 2.47. The Labute approximate surface area is 89.7 Å². The van der Waals surface area contributed by atoms with Crippen LogP contribution in [0.5, 0.6) is 0 Å². The Morgan fingerprint density at radius 2 is 2.21 bits per heavy atom. The van der Waals surface area contributed by atoms with Gasteiger partial charge in [-0.1, -0.05) is 6.92 Å². The largest absolute Gasteiger partial charge is 0.327 e. The first kappa shape index (κ1) is 10.8. The van der Waals surface area contributed by atoms with Crippen molar-refractivity contribution in [2.45, 2.75) is 42.2 Å². The molecule has 5 heteroatoms. The predicted octanol–water partition coefficient (Wildman–Crippen LogP) is 0.786. The van der Waals surface area contributed by atoms with E-state index >= 15 is 0 Å². The van der Waals surface area contributed by atoms with Crippen molar-refractivity contribution in [3.8, 4) is 0 Å². The lowest BCUT2D eigenvalue weighted by atomic mass is 9.95. The Morgan fingerprint density at radius 1 is 1.50 bits per heavy atom. The lowest BCUT2D eigenvalue weighted by Crippen LogP contribution is -2.39. The standard InChI is InChI=1S/C9H17NO2S2/c1-7-8(10)5-9(13-7)3-2-4-14(11,12)6-9/h7-8H,2-6,10H2,1H3. The first-order valence-corrected chi connectivity index (χ1v) is 7.76. The molecule has 82 valence electrons. The van der Waals surface area contributed by atoms with Crippen LogP contribution in [0.3, 0.4) is 0 Å². The third kappa shape index (κ3) is 1.95. The van der Waals surface area contributed by atoms with Gasteiger partial charge in [0.2, 0.25) is 0 Å². The van der Waals surface area contributed by atoms with Crippen molar-refractivity contribution in [2.75, 3.05) is 11.5 Å². The number of hydrogen-bond donors (Lipinski definition) is 1. The highest BCUT2D eigenvalue weighted by Crippen LogP contribution is 2.48. The Hall–Kier alpha value is 0.260. The van der Waals surface area contributed by atoms with Crippen LogP contribution < -0.4 is 5.73 Å². The van der Waals surface area contributed by atoms with Gasteiger partial charge in [0.1, 0.15) is 0 Å². The molecule has 0 aliphatic carbocycles. The van der Waals surface area contributed by atoms with E-state index in [1.165, 1.54) is 0 Å². The zero-order valence-electron chi connectivity index (χ0n) is 8.40. The smallest absolute Gasteiger partial charge is 0.151 e. The average molecular weight is 235 g/mol. The fourth-order valence-corrected chi connectivity index (χ4v) is 6.75. The second kappa shape index (κ2) is 3.39. The summed E-state index contributed by atoms with van der Waals surface area (Å²) in [6.07, 6.45) is 2.71. The van der Waals surface area contributed by atoms with E-state index in [0.717, 1.165) is 19.3 Å². The first-order chi connectivity index (χ1) is 6.43. The van der Waals surface area contributed by atoms with E-state index in [0.29, 0.717) is 16.8 Å². The van der Waals surface area contributed by atoms with Crippen LogP contribution in [0.15, 0.2) is 0 Å². The summed E-state index contributed by atoms with van der Waals surface area (Å²) < 4.78 is 23.1. The summed E-state index contributed by atoms with van der Waals surface area (Å²) in [6, 6.07) is 0.174. The molecule has 2 aliphatic rings. The number of rotatable bonds is 0. The van der Waals surface area contributed by atoms with Gasteiger partial charge in [0.05, 0.1) is 11.5 Å². The summed E-state index contributed by atoms with van der Waals surface area (Å²) in [6.45, 7) is 2.10. The van der Waals surface area contributed by atoms with Crippen LogP contribution in [0.1, 0.15) is 26.2 Å². The molecule has 2 saturated heterocycles. The molecule has 0 saturated carbocycles. The van der Waals surface area contributed by atoms with Crippen molar-refractivity contribution in [3.63, 3.8) is 0 Å². The van der Waals surface area contributed by atoms with Crippen molar-refractivity contribution < 1.29 is 8.42 Å². The van der Waals surface area contributed by atoms with Crippen LogP contribution in [-0.2, 0) is 9.84 Å². The second-order valence-corrected chi connectivity index (χ2v) is 8.60. The molecule has 14 heavy (non-hydrogen) atoms. The third-order valence-electron chi connectivity index (χ3n) is 3.22. The fourth-order valence-electron chi connectivity index (χ4n) is 2.54. The van der Waals surface area contributed by atoms with E-state index in [1.807, 2.05) is 0 Å². The summed E-state index contributed by atoms with van der Waals surface area (Å²) in [4.78, 5) is 0. The molecule has 0 aromatic heterocycles. The molecule has 0 aromatic carbocycles. The average Bonchev–Trinajstić information content (AvgIpc) is 2.24. The van der Waals surface area contributed by atoms with Crippen molar-refractivity contribution in [1.29, 1.82) is 0 Å². The fraction of sp³-hybridized carbons (Fsp3) is 1.00. The van der Waals surface area contributed by atoms with E-state index in [9.17, 15) is 8.42 Å². The molecule has 0 bridgehead atoms. The van der Waals surface area contributed by atoms with E-state index in [1.54, 1.807) is 11.8 Å². The minimum Gasteiger partial charge on any atom is -0.327 e. The molecule has 3 unspecified atom stereocenters. The van der Waals surface area contributed by atoms with Gasteiger partial charge >= 0.3 is 0 Å². The normalized spacial score (nSPS) is 47.0. The maximum absolute atomic E-state index is 11.6. The lowest BCUT2D eigenvalue weighted by molar-refractivity contribution is 0.480. The summed E-state index contributed by atoms with van der Waals surface area (Å²) in [5.74, 6) is 0.724. The van der Waals surface area contributed by atoms with Crippen molar-refractivity contribution in [3.05, 3.63) is 0 Å². The van der Waals surface area contributed by atoms with Gasteiger partial charge in [-0.15, -0.1) is 11.8 Å². The van der Waals surface area contributed by atoms with Gasteiger partial charge in [-0.3, -0.25) is 0 Å². The minimum atomic E-state index is -2.80. The van der Waals surface area contributed by atoms with E-state index in [4.69, 9.17) is 5.73 Å². The van der Waals surface area contributed by atoms with Crippen LogP contribution in [-0.4, -0.2) is 36.0 Å². The third-order valence-corrected chi connectivity index (χ3v) is 7.04. The molecular weight excluding hydrogens is 218 g/mol. The molecule has 1 spiro atoms. The minimum absolute atomic E-state index is 0.0457. The van der Waals surface area contributed by atoms with Crippen LogP contribution in [0, 0.1) is 0 Å². The molecule has 2 rings (SSSR count). The summed E-state index contributed by atoms with van der Waals surface area (Å²) >= 11 is 1.80. The van der Waals surface area contributed by atoms with Crippen molar-refractivity contribution in [2.24, 2.45) is 5.73 Å². The number of hydrogen-bond acceptors (Lipinski definition) is 4. The highest BCUT2D eigenvalue weighted by molar-refractivity contribution is 8.03. The Morgan fingerprint density at radius 3 is 2.71 bits per heavy atom. The van der Waals surface area contributed by atoms with Crippen LogP contribution in [0.25, 0.3) is 0 Å². The molecule has 0 radical (unpaired) electrons. The zero-order valence-corrected chi connectivity index (χ0v) is 10.0. The Kier molecular flexibility index (Phi) is 2.60. The Bertz CT molecular complexity index is 316. The van der Waals surface area contributed by atoms with Gasteiger partial charge < -0.3 is 5.73 Å². The van der Waals surface area contributed by atoms with E-state index in [-0.39, 0.29) is 10.8 Å². The molecular formula is C9H17NO2S2. The van der Waals surface area contributed by atoms with Crippen LogP contribution in [0.4, 0.5) is 0 Å². The number of thioether (sulfide) groups is 1. The molecule has 3 nitrogen and oxygen atoms in total. The molecule has 2 fully saturated rings. The maximum Gasteiger partial charge on any atom is 0.151 e. The molecule has 2 heterocycles. The highest BCUT2D eigenvalue weighted by atomic mass is 32.2. The van der Waals surface area contributed by atoms with Crippen LogP contribution >= 0.6 is 11.8 Å². The SMILES string of the molecule is CC1SC2(CCCS(=O)(=O)C2)CC1N. The van der Waals surface area contributed by atoms with E-state index < -0.39 is 9.84 Å². The second-order valence-electron chi connectivity index (χ2n) is 4.57. The maximum atomic E-state index is 11.6. The molecule has 0 amide bonds. The van der Waals surface area contributed by atoms with Gasteiger partial charge in [0.15, 0.2) is 9.84 Å². The lowest BCUT2D eigenvalue weighted by Gasteiger charge is -2.32. The summed E-state index contributed by atoms with van der Waals surface area (Å²) in [5.41, 5.74) is 5.96. The molecule has 2 N–H and O–H groups in total. The molecule has 0 aromatic rings. The van der Waals surface area contributed by atoms with Gasteiger partial charge in [-0.2, -0.15) is 0 Å². The summed E-state index contributed by atoms with van der Waals surface area (Å²) in [7, 11) is -2.80. The van der Waals surface area contributed by atoms with Crippen molar-refractivity contribution >= 4 is 21.6 Å². The zero-order chi connectivity index (χ0) is 10.4. The van der Waals surface area contributed by atoms with Gasteiger partial charge in [-0.25, -0.2) is 8.42 Å². The number of sulfone groups is 1.